The van der Waals surface area contributed by atoms with Crippen molar-refractivity contribution in [2.45, 2.75) is 0 Å². The lowest BCUT2D eigenvalue weighted by atomic mass is 10.1. The maximum Gasteiger partial charge on any atom is 0.337 e. The molecular weight excluding hydrogens is 402 g/mol. The Bertz CT molecular complexity index is 991. The second-order valence-corrected chi connectivity index (χ2v) is 6.57. The number of nitrogens with one attached hydrogen (secondary N) is 1. The third kappa shape index (κ3) is 4.08. The van der Waals surface area contributed by atoms with Gasteiger partial charge in [-0.3, -0.25) is 19.5 Å². The van der Waals surface area contributed by atoms with Gasteiger partial charge in [-0.2, -0.15) is 0 Å². The third-order valence-electron chi connectivity index (χ3n) is 3.93. The van der Waals surface area contributed by atoms with Crippen LogP contribution in [-0.2, 0) is 14.3 Å². The number of methoxy groups -OCH3 is 1. The monoisotopic (exact) mass is 415 g/mol. The minimum absolute atomic E-state index is 0.0188. The number of rotatable bonds is 4. The molecule has 28 heavy (non-hydrogen) atoms. The van der Waals surface area contributed by atoms with Crippen LogP contribution in [0.25, 0.3) is 0 Å². The van der Waals surface area contributed by atoms with Crippen molar-refractivity contribution < 1.29 is 19.1 Å². The Hall–Kier alpha value is -3.10. The highest BCUT2D eigenvalue weighted by atomic mass is 35.5. The number of carbonyl (C=O) groups is 3. The molecule has 1 heterocycles. The Balaban J connectivity index is 1.86. The first-order valence-electron chi connectivity index (χ1n) is 8.07. The van der Waals surface area contributed by atoms with Gasteiger partial charge in [-0.25, -0.2) is 4.79 Å². The summed E-state index contributed by atoms with van der Waals surface area (Å²) in [6.45, 7) is 0. The lowest BCUT2D eigenvalue weighted by Crippen LogP contribution is -2.58. The molecule has 7 nitrogen and oxygen atoms in total. The van der Waals surface area contributed by atoms with Crippen molar-refractivity contribution in [1.82, 2.24) is 5.32 Å². The molecule has 1 saturated heterocycles. The van der Waals surface area contributed by atoms with E-state index in [1.807, 2.05) is 0 Å². The number of hydrogen-bond donors (Lipinski definition) is 1. The topological polar surface area (TPSA) is 88.1 Å². The van der Waals surface area contributed by atoms with E-state index in [1.54, 1.807) is 42.5 Å². The molecule has 9 heteroatoms. The molecule has 0 saturated carbocycles. The number of benzene rings is 2. The molecule has 3 rings (SSSR count). The zero-order chi connectivity index (χ0) is 20.3. The highest BCUT2D eigenvalue weighted by Crippen LogP contribution is 2.23. The van der Waals surface area contributed by atoms with Crippen LogP contribution in [0.5, 0.6) is 0 Å². The molecule has 1 fully saturated rings. The number of hydrogen-bond acceptors (Lipinski definition) is 6. The normalized spacial score (nSPS) is 17.0. The fourth-order valence-corrected chi connectivity index (χ4v) is 2.97. The molecule has 0 aliphatic carbocycles. The van der Waals surface area contributed by atoms with E-state index in [4.69, 9.17) is 23.8 Å². The van der Waals surface area contributed by atoms with Gasteiger partial charge in [0.25, 0.3) is 5.91 Å². The van der Waals surface area contributed by atoms with E-state index in [0.717, 1.165) is 0 Å². The van der Waals surface area contributed by atoms with Gasteiger partial charge >= 0.3 is 5.97 Å². The number of halogens is 1. The molecule has 0 spiro atoms. The number of aliphatic imine (C=N–C) groups is 1. The van der Waals surface area contributed by atoms with Crippen molar-refractivity contribution in [1.29, 1.82) is 0 Å². The van der Waals surface area contributed by atoms with Crippen LogP contribution in [-0.4, -0.2) is 36.2 Å². The molecule has 2 aromatic rings. The zero-order valence-corrected chi connectivity index (χ0v) is 16.2. The van der Waals surface area contributed by atoms with E-state index in [1.165, 1.54) is 24.3 Å². The number of nitrogens with zero attached hydrogens (tertiary/aromatic N) is 2. The predicted molar refractivity (Wildman–Crippen MR) is 109 cm³/mol. The second kappa shape index (κ2) is 8.28. The van der Waals surface area contributed by atoms with Gasteiger partial charge < -0.3 is 10.1 Å². The van der Waals surface area contributed by atoms with Crippen LogP contribution in [0.1, 0.15) is 10.4 Å². The summed E-state index contributed by atoms with van der Waals surface area (Å²) < 4.78 is 4.66. The summed E-state index contributed by atoms with van der Waals surface area (Å²) in [5.74, 6) is -2.80. The lowest BCUT2D eigenvalue weighted by molar-refractivity contribution is -0.130. The summed E-state index contributed by atoms with van der Waals surface area (Å²) in [7, 11) is 1.28. The highest BCUT2D eigenvalue weighted by molar-refractivity contribution is 7.80. The SMILES string of the molecule is COC(=O)c1cccc(N=C[C@H]2C(=O)NC(=S)N(c3ccc(Cl)cc3)C2=O)c1. The molecule has 2 amide bonds. The molecule has 1 aliphatic heterocycles. The van der Waals surface area contributed by atoms with Crippen molar-refractivity contribution in [2.75, 3.05) is 12.0 Å². The highest BCUT2D eigenvalue weighted by Gasteiger charge is 2.38. The van der Waals surface area contributed by atoms with E-state index in [0.29, 0.717) is 22.0 Å². The quantitative estimate of drug-likeness (QED) is 0.359. The molecule has 1 N–H and O–H groups in total. The Labute approximate surface area is 171 Å². The van der Waals surface area contributed by atoms with Crippen LogP contribution in [0.4, 0.5) is 11.4 Å². The van der Waals surface area contributed by atoms with Crippen LogP contribution >= 0.6 is 23.8 Å². The van der Waals surface area contributed by atoms with Crippen LogP contribution in [0.15, 0.2) is 53.5 Å². The number of esters is 1. The van der Waals surface area contributed by atoms with Gasteiger partial charge in [0.1, 0.15) is 0 Å². The lowest BCUT2D eigenvalue weighted by Gasteiger charge is -2.30. The van der Waals surface area contributed by atoms with Crippen molar-refractivity contribution in [3.8, 4) is 0 Å². The van der Waals surface area contributed by atoms with Gasteiger partial charge in [0.05, 0.1) is 24.0 Å². The minimum Gasteiger partial charge on any atom is -0.465 e. The van der Waals surface area contributed by atoms with E-state index < -0.39 is 23.7 Å². The maximum atomic E-state index is 12.9. The second-order valence-electron chi connectivity index (χ2n) is 5.74. The number of thiocarbonyl (C=S) groups is 1. The molecule has 2 aromatic carbocycles. The smallest absolute Gasteiger partial charge is 0.337 e. The Morgan fingerprint density at radius 1 is 1.25 bits per heavy atom. The molecule has 0 aromatic heterocycles. The van der Waals surface area contributed by atoms with Gasteiger partial charge in [-0.15, -0.1) is 0 Å². The van der Waals surface area contributed by atoms with Crippen LogP contribution in [0.3, 0.4) is 0 Å². The van der Waals surface area contributed by atoms with E-state index in [-0.39, 0.29) is 5.11 Å². The van der Waals surface area contributed by atoms with Gasteiger partial charge in [0.2, 0.25) is 5.91 Å². The summed E-state index contributed by atoms with van der Waals surface area (Å²) in [6.07, 6.45) is 1.22. The zero-order valence-electron chi connectivity index (χ0n) is 14.6. The fraction of sp³-hybridized carbons (Fsp3) is 0.105. The predicted octanol–water partition coefficient (Wildman–Crippen LogP) is 2.89. The first-order valence-corrected chi connectivity index (χ1v) is 8.86. The average molecular weight is 416 g/mol. The molecule has 0 radical (unpaired) electrons. The summed E-state index contributed by atoms with van der Waals surface area (Å²) in [5, 5.41) is 2.98. The minimum atomic E-state index is -1.18. The van der Waals surface area contributed by atoms with Crippen LogP contribution in [0, 0.1) is 5.92 Å². The third-order valence-corrected chi connectivity index (χ3v) is 4.46. The van der Waals surface area contributed by atoms with Crippen molar-refractivity contribution in [3.63, 3.8) is 0 Å². The molecule has 1 aliphatic rings. The standard InChI is InChI=1S/C19H14ClN3O4S/c1-27-18(26)11-3-2-4-13(9-11)21-10-15-16(24)22-19(28)23(17(15)25)14-7-5-12(20)6-8-14/h2-10,15H,1H3,(H,22,24,28)/t15-/m0/s1. The molecule has 0 bridgehead atoms. The van der Waals surface area contributed by atoms with Crippen LogP contribution in [0.2, 0.25) is 5.02 Å². The van der Waals surface area contributed by atoms with Gasteiger partial charge in [-0.05, 0) is 54.7 Å². The van der Waals surface area contributed by atoms with Gasteiger partial charge in [0.15, 0.2) is 11.0 Å². The summed E-state index contributed by atoms with van der Waals surface area (Å²) >= 11 is 11.0. The van der Waals surface area contributed by atoms with Gasteiger partial charge in [-0.1, -0.05) is 17.7 Å². The van der Waals surface area contributed by atoms with Crippen molar-refractivity contribution in [3.05, 3.63) is 59.1 Å². The van der Waals surface area contributed by atoms with E-state index in [2.05, 4.69) is 15.0 Å². The van der Waals surface area contributed by atoms with Crippen molar-refractivity contribution in [2.24, 2.45) is 10.9 Å². The average Bonchev–Trinajstić information content (AvgIpc) is 2.68. The molecule has 1 atom stereocenters. The number of ether oxygens (including phenoxy) is 1. The molecule has 142 valence electrons. The van der Waals surface area contributed by atoms with E-state index in [9.17, 15) is 14.4 Å². The summed E-state index contributed by atoms with van der Waals surface area (Å²) in [4.78, 5) is 42.1. The molecule has 0 unspecified atom stereocenters. The summed E-state index contributed by atoms with van der Waals surface area (Å²) in [5.41, 5.74) is 1.18. The maximum absolute atomic E-state index is 12.9. The fourth-order valence-electron chi connectivity index (χ4n) is 2.55. The largest absolute Gasteiger partial charge is 0.465 e. The molecular formula is C19H14ClN3O4S. The number of anilines is 1. The van der Waals surface area contributed by atoms with Gasteiger partial charge in [0, 0.05) is 11.2 Å². The Morgan fingerprint density at radius 3 is 2.64 bits per heavy atom. The van der Waals surface area contributed by atoms with Crippen LogP contribution < -0.4 is 10.2 Å². The first kappa shape index (κ1) is 19.7. The van der Waals surface area contributed by atoms with E-state index >= 15 is 0 Å². The number of amides is 2. The summed E-state index contributed by atoms with van der Waals surface area (Å²) in [6, 6.07) is 12.8. The number of carbonyl (C=O) groups excluding carboxylic acids is 3. The first-order chi connectivity index (χ1) is 13.4. The Kier molecular flexibility index (Phi) is 5.81. The van der Waals surface area contributed by atoms with Crippen molar-refractivity contribution >= 4 is 64.3 Å². The Morgan fingerprint density at radius 2 is 1.96 bits per heavy atom.